The van der Waals surface area contributed by atoms with Crippen LogP contribution in [0.4, 0.5) is 0 Å². The third-order valence-electron chi connectivity index (χ3n) is 6.99. The van der Waals surface area contributed by atoms with E-state index in [2.05, 4.69) is 84.9 Å². The van der Waals surface area contributed by atoms with Crippen molar-refractivity contribution >= 4 is 29.1 Å². The van der Waals surface area contributed by atoms with Gasteiger partial charge in [-0.3, -0.25) is 4.79 Å². The molecule has 1 aliphatic rings. The Morgan fingerprint density at radius 1 is 0.730 bits per heavy atom. The first-order valence-electron chi connectivity index (χ1n) is 12.7. The number of hydrogen-bond donors (Lipinski definition) is 1. The third-order valence-corrected chi connectivity index (χ3v) is 11.5. The third kappa shape index (κ3) is 5.67. The Morgan fingerprint density at radius 3 is 1.65 bits per heavy atom. The number of hydrogen-bond acceptors (Lipinski definition) is 3. The van der Waals surface area contributed by atoms with Gasteiger partial charge in [-0.2, -0.15) is 0 Å². The largest absolute Gasteiger partial charge is 0.481 e. The lowest BCUT2D eigenvalue weighted by atomic mass is 10.0. The van der Waals surface area contributed by atoms with Gasteiger partial charge in [0, 0.05) is 12.8 Å². The molecule has 5 heteroatoms. The van der Waals surface area contributed by atoms with E-state index in [9.17, 15) is 9.90 Å². The lowest BCUT2D eigenvalue weighted by Gasteiger charge is -2.41. The quantitative estimate of drug-likeness (QED) is 0.300. The lowest BCUT2D eigenvalue weighted by Crippen LogP contribution is -2.47. The monoisotopic (exact) mass is 511 g/mol. The number of aliphatic carboxylic acids is 1. The molecule has 0 aromatic heterocycles. The minimum absolute atomic E-state index is 0.0416. The van der Waals surface area contributed by atoms with Gasteiger partial charge in [-0.05, 0) is 42.0 Å². The van der Waals surface area contributed by atoms with Crippen LogP contribution in [0.25, 0.3) is 0 Å². The van der Waals surface area contributed by atoms with Crippen LogP contribution in [0.2, 0.25) is 0 Å². The van der Waals surface area contributed by atoms with Crippen molar-refractivity contribution in [3.63, 3.8) is 0 Å². The summed E-state index contributed by atoms with van der Waals surface area (Å²) >= 11 is 0. The zero-order chi connectivity index (χ0) is 25.5. The van der Waals surface area contributed by atoms with Gasteiger partial charge in [-0.1, -0.05) is 84.9 Å². The van der Waals surface area contributed by atoms with Crippen molar-refractivity contribution in [2.24, 2.45) is 0 Å². The van der Waals surface area contributed by atoms with E-state index in [1.54, 1.807) is 0 Å². The van der Waals surface area contributed by atoms with Gasteiger partial charge in [-0.15, -0.1) is 0 Å². The highest BCUT2D eigenvalue weighted by Gasteiger charge is 2.56. The first-order valence-corrected chi connectivity index (χ1v) is 14.6. The minimum Gasteiger partial charge on any atom is -0.481 e. The van der Waals surface area contributed by atoms with Gasteiger partial charge in [-0.25, -0.2) is 0 Å². The van der Waals surface area contributed by atoms with Crippen molar-refractivity contribution < 1.29 is 19.4 Å². The maximum absolute atomic E-state index is 11.8. The smallest absolute Gasteiger partial charge is 0.305 e. The van der Waals surface area contributed by atoms with Crippen LogP contribution >= 0.6 is 7.26 Å². The van der Waals surface area contributed by atoms with Crippen LogP contribution in [-0.2, 0) is 20.9 Å². The Kier molecular flexibility index (Phi) is 8.11. The molecule has 37 heavy (non-hydrogen) atoms. The molecule has 188 valence electrons. The van der Waals surface area contributed by atoms with Crippen LogP contribution in [0.1, 0.15) is 24.8 Å². The molecule has 1 N–H and O–H groups in total. The summed E-state index contributed by atoms with van der Waals surface area (Å²) in [6.07, 6.45) is 0.676. The summed E-state index contributed by atoms with van der Waals surface area (Å²) in [4.78, 5) is 11.8. The van der Waals surface area contributed by atoms with E-state index in [1.165, 1.54) is 15.9 Å². The molecule has 0 radical (unpaired) electrons. The zero-order valence-electron chi connectivity index (χ0n) is 20.7. The second-order valence-corrected chi connectivity index (χ2v) is 13.0. The molecule has 1 aliphatic heterocycles. The molecule has 0 amide bonds. The summed E-state index contributed by atoms with van der Waals surface area (Å²) in [6.45, 7) is 0.492. The molecule has 0 unspecified atom stereocenters. The summed E-state index contributed by atoms with van der Waals surface area (Å²) in [5, 5.41) is 13.3. The van der Waals surface area contributed by atoms with Gasteiger partial charge in [0.05, 0.1) is 25.2 Å². The van der Waals surface area contributed by atoms with E-state index in [0.29, 0.717) is 19.4 Å². The van der Waals surface area contributed by atoms with E-state index in [1.807, 2.05) is 36.4 Å². The second-order valence-electron chi connectivity index (χ2n) is 9.43. The molecule has 1 heterocycles. The van der Waals surface area contributed by atoms with E-state index < -0.39 is 19.3 Å². The molecule has 5 rings (SSSR count). The fraction of sp³-hybridized carbons (Fsp3) is 0.219. The van der Waals surface area contributed by atoms with Gasteiger partial charge in [0.25, 0.3) is 0 Å². The summed E-state index contributed by atoms with van der Waals surface area (Å²) in [5.41, 5.74) is 1.11. The van der Waals surface area contributed by atoms with Gasteiger partial charge in [0.1, 0.15) is 23.2 Å². The molecule has 1 fully saturated rings. The Hall–Kier alpha value is -3.30. The summed E-state index contributed by atoms with van der Waals surface area (Å²) < 4.78 is 13.3. The molecule has 4 nitrogen and oxygen atoms in total. The van der Waals surface area contributed by atoms with E-state index in [0.717, 1.165) is 5.56 Å². The Morgan fingerprint density at radius 2 is 1.19 bits per heavy atom. The zero-order valence-corrected chi connectivity index (χ0v) is 21.6. The van der Waals surface area contributed by atoms with Gasteiger partial charge >= 0.3 is 5.97 Å². The topological polar surface area (TPSA) is 55.8 Å². The Balaban J connectivity index is 1.61. The molecule has 4 aromatic rings. The van der Waals surface area contributed by atoms with Gasteiger partial charge < -0.3 is 14.6 Å². The van der Waals surface area contributed by atoms with Crippen LogP contribution < -0.4 is 15.9 Å². The Labute approximate surface area is 219 Å². The Bertz CT molecular complexity index is 1170. The van der Waals surface area contributed by atoms with Crippen LogP contribution in [0, 0.1) is 0 Å². The summed E-state index contributed by atoms with van der Waals surface area (Å²) in [7, 11) is -2.34. The highest BCUT2D eigenvalue weighted by Crippen LogP contribution is 2.62. The molecule has 0 aliphatic carbocycles. The number of carbonyl (C=O) groups is 1. The molecule has 3 atom stereocenters. The van der Waals surface area contributed by atoms with E-state index in [4.69, 9.17) is 9.47 Å². The van der Waals surface area contributed by atoms with Crippen LogP contribution in [0.5, 0.6) is 0 Å². The minimum atomic E-state index is -2.34. The van der Waals surface area contributed by atoms with Crippen molar-refractivity contribution in [3.05, 3.63) is 127 Å². The van der Waals surface area contributed by atoms with Crippen LogP contribution in [0.3, 0.4) is 0 Å². The predicted octanol–water partition coefficient (Wildman–Crippen LogP) is 5.55. The highest BCUT2D eigenvalue weighted by atomic mass is 31.2. The maximum atomic E-state index is 11.8. The van der Waals surface area contributed by atoms with E-state index in [-0.39, 0.29) is 18.4 Å². The summed E-state index contributed by atoms with van der Waals surface area (Å²) in [6, 6.07) is 41.9. The first-order chi connectivity index (χ1) is 18.2. The molecule has 4 aromatic carbocycles. The normalized spacial score (nSPS) is 19.8. The molecule has 1 saturated heterocycles. The van der Waals surface area contributed by atoms with Crippen LogP contribution in [0.15, 0.2) is 121 Å². The number of benzene rings is 4. The van der Waals surface area contributed by atoms with Crippen molar-refractivity contribution in [2.45, 2.75) is 43.9 Å². The molecular formula is C32H32O4P+. The van der Waals surface area contributed by atoms with Crippen LogP contribution in [-0.4, -0.2) is 29.1 Å². The molecular weight excluding hydrogens is 479 g/mol. The van der Waals surface area contributed by atoms with Gasteiger partial charge in [0.2, 0.25) is 0 Å². The maximum Gasteiger partial charge on any atom is 0.305 e. The number of rotatable bonds is 9. The number of carboxylic acids is 1. The molecule has 0 spiro atoms. The summed E-state index contributed by atoms with van der Waals surface area (Å²) in [5.74, 6) is -1.07. The van der Waals surface area contributed by atoms with Gasteiger partial charge in [0.15, 0.2) is 5.85 Å². The van der Waals surface area contributed by atoms with Crippen molar-refractivity contribution in [3.8, 4) is 0 Å². The molecule has 0 bridgehead atoms. The average molecular weight is 512 g/mol. The van der Waals surface area contributed by atoms with E-state index >= 15 is 0 Å². The average Bonchev–Trinajstić information content (AvgIpc) is 2.94. The lowest BCUT2D eigenvalue weighted by molar-refractivity contribution is -0.145. The molecule has 0 saturated carbocycles. The predicted molar refractivity (Wildman–Crippen MR) is 150 cm³/mol. The first kappa shape index (κ1) is 25.4. The second kappa shape index (κ2) is 11.8. The number of ether oxygens (including phenoxy) is 2. The van der Waals surface area contributed by atoms with Crippen molar-refractivity contribution in [1.82, 2.24) is 0 Å². The number of carboxylic acid groups (broad SMARTS) is 1. The highest BCUT2D eigenvalue weighted by molar-refractivity contribution is 7.96. The fourth-order valence-electron chi connectivity index (χ4n) is 5.38. The van der Waals surface area contributed by atoms with Crippen molar-refractivity contribution in [1.29, 1.82) is 0 Å². The van der Waals surface area contributed by atoms with Crippen molar-refractivity contribution in [2.75, 3.05) is 0 Å². The fourth-order valence-corrected chi connectivity index (χ4v) is 10.1. The SMILES string of the molecule is O=C(O)C[C@@H]1C[C@H](OCc2ccccc2)C[C@H]([P+](c2ccccc2)(c2ccccc2)c2ccccc2)O1. The standard InChI is InChI=1S/C32H31O4P/c33-31(34)22-27-21-26(35-24-25-13-5-1-6-14-25)23-32(36-27)37(28-15-7-2-8-16-28,29-17-9-3-10-18-29)30-19-11-4-12-20-30/h1-20,26-27,32H,21-24H2/p+1/t26-,27-,32-/m0/s1.